The molecule has 94 valence electrons. The second-order valence-electron chi connectivity index (χ2n) is 4.82. The minimum atomic E-state index is 0.306. The molecule has 17 heavy (non-hydrogen) atoms. The number of aromatic nitrogens is 2. The first-order chi connectivity index (χ1) is 8.15. The summed E-state index contributed by atoms with van der Waals surface area (Å²) in [6.45, 7) is 7.62. The monoisotopic (exact) mass is 254 g/mol. The molecule has 1 aliphatic heterocycles. The third kappa shape index (κ3) is 3.63. The number of hydrogen-bond acceptors (Lipinski definition) is 4. The van der Waals surface area contributed by atoms with Crippen LogP contribution in [-0.2, 0) is 6.54 Å². The molecular weight excluding hydrogens is 236 g/mol. The third-order valence-corrected chi connectivity index (χ3v) is 3.41. The van der Waals surface area contributed by atoms with Crippen LogP contribution >= 0.6 is 11.6 Å². The standard InChI is InChI=1S/C12H19ClN4/c1-9(2)17-4-3-11(8-17)14-5-10-6-15-12(13)16-7-10/h6-7,9,11,14H,3-5,8H2,1-2H3/t11-/m0/s1. The Balaban J connectivity index is 1.78. The predicted octanol–water partition coefficient (Wildman–Crippen LogP) is 1.70. The predicted molar refractivity (Wildman–Crippen MR) is 69.0 cm³/mol. The van der Waals surface area contributed by atoms with Crippen molar-refractivity contribution in [2.75, 3.05) is 13.1 Å². The molecule has 4 nitrogen and oxygen atoms in total. The lowest BCUT2D eigenvalue weighted by atomic mass is 10.2. The molecule has 1 fully saturated rings. The molecule has 5 heteroatoms. The fraction of sp³-hybridized carbons (Fsp3) is 0.667. The van der Waals surface area contributed by atoms with E-state index >= 15 is 0 Å². The van der Waals surface area contributed by atoms with E-state index in [-0.39, 0.29) is 0 Å². The summed E-state index contributed by atoms with van der Waals surface area (Å²) in [7, 11) is 0. The van der Waals surface area contributed by atoms with E-state index < -0.39 is 0 Å². The zero-order valence-corrected chi connectivity index (χ0v) is 11.1. The summed E-state index contributed by atoms with van der Waals surface area (Å²) in [4.78, 5) is 10.4. The highest BCUT2D eigenvalue weighted by atomic mass is 35.5. The van der Waals surface area contributed by atoms with E-state index in [4.69, 9.17) is 11.6 Å². The Kier molecular flexibility index (Phi) is 4.31. The van der Waals surface area contributed by atoms with Gasteiger partial charge in [0.05, 0.1) is 0 Å². The summed E-state index contributed by atoms with van der Waals surface area (Å²) in [6, 6.07) is 1.22. The molecule has 0 amide bonds. The van der Waals surface area contributed by atoms with E-state index in [0.717, 1.165) is 18.7 Å². The zero-order valence-electron chi connectivity index (χ0n) is 10.4. The lowest BCUT2D eigenvalue weighted by molar-refractivity contribution is 0.268. The van der Waals surface area contributed by atoms with E-state index in [1.54, 1.807) is 12.4 Å². The number of rotatable bonds is 4. The van der Waals surface area contributed by atoms with Gasteiger partial charge in [0.25, 0.3) is 0 Å². The second kappa shape index (κ2) is 5.76. The first-order valence-electron chi connectivity index (χ1n) is 6.09. The fourth-order valence-corrected chi connectivity index (χ4v) is 2.21. The minimum absolute atomic E-state index is 0.306. The summed E-state index contributed by atoms with van der Waals surface area (Å²) in [5.41, 5.74) is 1.08. The smallest absolute Gasteiger partial charge is 0.222 e. The molecule has 0 unspecified atom stereocenters. The topological polar surface area (TPSA) is 41.0 Å². The van der Waals surface area contributed by atoms with Gasteiger partial charge in [-0.1, -0.05) is 0 Å². The van der Waals surface area contributed by atoms with Crippen LogP contribution in [0.2, 0.25) is 5.28 Å². The quantitative estimate of drug-likeness (QED) is 0.831. The summed E-state index contributed by atoms with van der Waals surface area (Å²) >= 11 is 5.64. The van der Waals surface area contributed by atoms with Crippen LogP contribution in [0.25, 0.3) is 0 Å². The summed E-state index contributed by atoms with van der Waals surface area (Å²) in [5.74, 6) is 0. The van der Waals surface area contributed by atoms with Crippen molar-refractivity contribution in [3.63, 3.8) is 0 Å². The van der Waals surface area contributed by atoms with Gasteiger partial charge in [0, 0.05) is 43.1 Å². The Morgan fingerprint density at radius 3 is 2.76 bits per heavy atom. The lowest BCUT2D eigenvalue weighted by Crippen LogP contribution is -2.34. The number of nitrogens with zero attached hydrogens (tertiary/aromatic N) is 3. The maximum atomic E-state index is 5.64. The maximum absolute atomic E-state index is 5.64. The van der Waals surface area contributed by atoms with Gasteiger partial charge >= 0.3 is 0 Å². The molecule has 2 rings (SSSR count). The number of nitrogens with one attached hydrogen (secondary N) is 1. The van der Waals surface area contributed by atoms with Gasteiger partial charge in [0.1, 0.15) is 0 Å². The van der Waals surface area contributed by atoms with Crippen molar-refractivity contribution >= 4 is 11.6 Å². The van der Waals surface area contributed by atoms with E-state index in [1.807, 2.05) is 0 Å². The Bertz CT molecular complexity index is 352. The average molecular weight is 255 g/mol. The van der Waals surface area contributed by atoms with Crippen LogP contribution in [0.4, 0.5) is 0 Å². The van der Waals surface area contributed by atoms with Crippen LogP contribution in [0, 0.1) is 0 Å². The molecule has 0 aliphatic carbocycles. The van der Waals surface area contributed by atoms with Gasteiger partial charge in [0.2, 0.25) is 5.28 Å². The van der Waals surface area contributed by atoms with Crippen molar-refractivity contribution in [2.45, 2.75) is 38.9 Å². The molecule has 1 saturated heterocycles. The third-order valence-electron chi connectivity index (χ3n) is 3.22. The summed E-state index contributed by atoms with van der Waals surface area (Å²) in [5, 5.41) is 3.84. The van der Waals surface area contributed by atoms with Crippen molar-refractivity contribution in [3.8, 4) is 0 Å². The minimum Gasteiger partial charge on any atom is -0.308 e. The number of hydrogen-bond donors (Lipinski definition) is 1. The van der Waals surface area contributed by atoms with Crippen LogP contribution in [0.5, 0.6) is 0 Å². The summed E-state index contributed by atoms with van der Waals surface area (Å²) < 4.78 is 0. The van der Waals surface area contributed by atoms with Gasteiger partial charge in [-0.2, -0.15) is 0 Å². The van der Waals surface area contributed by atoms with E-state index in [1.165, 1.54) is 13.0 Å². The van der Waals surface area contributed by atoms with E-state index in [9.17, 15) is 0 Å². The van der Waals surface area contributed by atoms with Crippen LogP contribution < -0.4 is 5.32 Å². The van der Waals surface area contributed by atoms with Crippen LogP contribution in [0.1, 0.15) is 25.8 Å². The Morgan fingerprint density at radius 2 is 2.18 bits per heavy atom. The van der Waals surface area contributed by atoms with E-state index in [0.29, 0.717) is 17.4 Å². The fourth-order valence-electron chi connectivity index (χ4n) is 2.12. The largest absolute Gasteiger partial charge is 0.308 e. The summed E-state index contributed by atoms with van der Waals surface area (Å²) in [6.07, 6.45) is 4.77. The zero-order chi connectivity index (χ0) is 12.3. The molecule has 1 aliphatic rings. The van der Waals surface area contributed by atoms with Crippen molar-refractivity contribution in [1.82, 2.24) is 20.2 Å². The SMILES string of the molecule is CC(C)N1CC[C@H](NCc2cnc(Cl)nc2)C1. The van der Waals surface area contributed by atoms with E-state index in [2.05, 4.69) is 34.0 Å². The molecule has 1 aromatic heterocycles. The van der Waals surface area contributed by atoms with Crippen LogP contribution in [-0.4, -0.2) is 40.0 Å². The molecule has 2 heterocycles. The number of halogens is 1. The molecular formula is C12H19ClN4. The van der Waals surface area contributed by atoms with Gasteiger partial charge in [-0.05, 0) is 38.4 Å². The Labute approximate surface area is 107 Å². The molecule has 0 spiro atoms. The molecule has 0 radical (unpaired) electrons. The highest BCUT2D eigenvalue weighted by Crippen LogP contribution is 2.12. The van der Waals surface area contributed by atoms with Crippen LogP contribution in [0.3, 0.4) is 0 Å². The average Bonchev–Trinajstić information content (AvgIpc) is 2.77. The molecule has 0 bridgehead atoms. The van der Waals surface area contributed by atoms with Gasteiger partial charge in [-0.3, -0.25) is 4.90 Å². The molecule has 1 aromatic rings. The van der Waals surface area contributed by atoms with Crippen molar-refractivity contribution in [2.24, 2.45) is 0 Å². The van der Waals surface area contributed by atoms with Gasteiger partial charge in [-0.25, -0.2) is 9.97 Å². The Morgan fingerprint density at radius 1 is 1.47 bits per heavy atom. The van der Waals surface area contributed by atoms with Gasteiger partial charge < -0.3 is 5.32 Å². The molecule has 0 aromatic carbocycles. The van der Waals surface area contributed by atoms with Crippen molar-refractivity contribution < 1.29 is 0 Å². The van der Waals surface area contributed by atoms with Gasteiger partial charge in [-0.15, -0.1) is 0 Å². The van der Waals surface area contributed by atoms with Crippen molar-refractivity contribution in [1.29, 1.82) is 0 Å². The first kappa shape index (κ1) is 12.7. The maximum Gasteiger partial charge on any atom is 0.222 e. The molecule has 1 N–H and O–H groups in total. The first-order valence-corrected chi connectivity index (χ1v) is 6.47. The highest BCUT2D eigenvalue weighted by molar-refractivity contribution is 6.28. The molecule has 0 saturated carbocycles. The highest BCUT2D eigenvalue weighted by Gasteiger charge is 2.23. The second-order valence-corrected chi connectivity index (χ2v) is 5.15. The molecule has 1 atom stereocenters. The van der Waals surface area contributed by atoms with Crippen LogP contribution in [0.15, 0.2) is 12.4 Å². The Hall–Kier alpha value is -0.710. The number of likely N-dealkylation sites (tertiary alicyclic amines) is 1. The normalized spacial score (nSPS) is 21.3. The van der Waals surface area contributed by atoms with Crippen molar-refractivity contribution in [3.05, 3.63) is 23.2 Å². The lowest BCUT2D eigenvalue weighted by Gasteiger charge is -2.20. The van der Waals surface area contributed by atoms with Gasteiger partial charge in [0.15, 0.2) is 0 Å².